The normalized spacial score (nSPS) is 11.9. The number of anilines is 1. The van der Waals surface area contributed by atoms with Gasteiger partial charge in [0, 0.05) is 19.2 Å². The summed E-state index contributed by atoms with van der Waals surface area (Å²) in [7, 11) is 0. The van der Waals surface area contributed by atoms with Crippen LogP contribution in [0, 0.1) is 13.8 Å². The minimum Gasteiger partial charge on any atom is -0.454 e. The number of rotatable bonds is 6. The zero-order valence-electron chi connectivity index (χ0n) is 16.4. The average Bonchev–Trinajstić information content (AvgIpc) is 3.18. The highest BCUT2D eigenvalue weighted by Gasteiger charge is 2.14. The van der Waals surface area contributed by atoms with E-state index in [1.807, 2.05) is 30.3 Å². The highest BCUT2D eigenvalue weighted by molar-refractivity contribution is 5.92. The molecule has 1 amide bonds. The Bertz CT molecular complexity index is 1050. The van der Waals surface area contributed by atoms with Crippen LogP contribution in [0.2, 0.25) is 0 Å². The molecule has 148 valence electrons. The molecule has 0 unspecified atom stereocenters. The van der Waals surface area contributed by atoms with Crippen molar-refractivity contribution in [1.29, 1.82) is 0 Å². The molecule has 0 atom stereocenters. The second-order valence-corrected chi connectivity index (χ2v) is 6.90. The van der Waals surface area contributed by atoms with E-state index in [1.165, 1.54) is 5.56 Å². The molecule has 0 spiro atoms. The quantitative estimate of drug-likeness (QED) is 0.671. The highest BCUT2D eigenvalue weighted by atomic mass is 16.7. The molecule has 0 saturated carbocycles. The van der Waals surface area contributed by atoms with Gasteiger partial charge in [0.05, 0.1) is 0 Å². The Labute approximate surface area is 169 Å². The Morgan fingerprint density at radius 1 is 0.966 bits per heavy atom. The molecular formula is C22H22N4O3. The Balaban J connectivity index is 1.40. The van der Waals surface area contributed by atoms with Crippen molar-refractivity contribution in [3.8, 4) is 11.5 Å². The predicted octanol–water partition coefficient (Wildman–Crippen LogP) is 3.36. The van der Waals surface area contributed by atoms with Gasteiger partial charge in [0.15, 0.2) is 11.5 Å². The van der Waals surface area contributed by atoms with Crippen molar-refractivity contribution in [1.82, 2.24) is 15.3 Å². The van der Waals surface area contributed by atoms with Crippen molar-refractivity contribution in [2.24, 2.45) is 0 Å². The van der Waals surface area contributed by atoms with Crippen LogP contribution in [-0.4, -0.2) is 22.7 Å². The van der Waals surface area contributed by atoms with Gasteiger partial charge < -0.3 is 20.1 Å². The van der Waals surface area contributed by atoms with Crippen molar-refractivity contribution in [3.63, 3.8) is 0 Å². The third-order valence-electron chi connectivity index (χ3n) is 4.52. The second-order valence-electron chi connectivity index (χ2n) is 6.90. The Morgan fingerprint density at radius 2 is 1.79 bits per heavy atom. The van der Waals surface area contributed by atoms with E-state index in [2.05, 4.69) is 39.7 Å². The lowest BCUT2D eigenvalue weighted by Gasteiger charge is -2.10. The largest absolute Gasteiger partial charge is 0.454 e. The van der Waals surface area contributed by atoms with Gasteiger partial charge in [0.1, 0.15) is 17.3 Å². The molecule has 1 aliphatic heterocycles. The number of ether oxygens (including phenoxy) is 2. The standard InChI is InChI=1S/C22H22N4O3/c1-14-4-3-5-16(8-14)11-23-21-10-18(25-15(2)26-21)22(27)24-12-17-6-7-19-20(9-17)29-13-28-19/h3-10H,11-13H2,1-2H3,(H,24,27)(H,23,25,26). The van der Waals surface area contributed by atoms with Gasteiger partial charge in [-0.1, -0.05) is 35.9 Å². The average molecular weight is 390 g/mol. The first-order valence-electron chi connectivity index (χ1n) is 9.39. The van der Waals surface area contributed by atoms with E-state index in [9.17, 15) is 4.79 Å². The van der Waals surface area contributed by atoms with Gasteiger partial charge in [-0.25, -0.2) is 9.97 Å². The molecule has 2 heterocycles. The molecule has 2 aromatic carbocycles. The summed E-state index contributed by atoms with van der Waals surface area (Å²) in [5.74, 6) is 2.31. The van der Waals surface area contributed by atoms with Gasteiger partial charge in [-0.05, 0) is 37.1 Å². The number of benzene rings is 2. The summed E-state index contributed by atoms with van der Waals surface area (Å²) < 4.78 is 10.7. The predicted molar refractivity (Wildman–Crippen MR) is 109 cm³/mol. The third-order valence-corrected chi connectivity index (χ3v) is 4.52. The summed E-state index contributed by atoms with van der Waals surface area (Å²) in [4.78, 5) is 21.2. The lowest BCUT2D eigenvalue weighted by Crippen LogP contribution is -2.24. The summed E-state index contributed by atoms with van der Waals surface area (Å²) in [6.07, 6.45) is 0. The van der Waals surface area contributed by atoms with Crippen molar-refractivity contribution < 1.29 is 14.3 Å². The first-order valence-corrected chi connectivity index (χ1v) is 9.39. The van der Waals surface area contributed by atoms with E-state index in [1.54, 1.807) is 13.0 Å². The van der Waals surface area contributed by atoms with E-state index >= 15 is 0 Å². The fourth-order valence-corrected chi connectivity index (χ4v) is 3.11. The zero-order valence-corrected chi connectivity index (χ0v) is 16.4. The Morgan fingerprint density at radius 3 is 2.66 bits per heavy atom. The van der Waals surface area contributed by atoms with Gasteiger partial charge in [0.2, 0.25) is 6.79 Å². The molecule has 1 aliphatic rings. The van der Waals surface area contributed by atoms with Crippen LogP contribution in [-0.2, 0) is 13.1 Å². The number of amides is 1. The topological polar surface area (TPSA) is 85.4 Å². The Hall–Kier alpha value is -3.61. The molecule has 0 fully saturated rings. The van der Waals surface area contributed by atoms with Crippen LogP contribution in [0.3, 0.4) is 0 Å². The fourth-order valence-electron chi connectivity index (χ4n) is 3.11. The molecule has 0 radical (unpaired) electrons. The molecule has 1 aromatic heterocycles. The smallest absolute Gasteiger partial charge is 0.270 e. The highest BCUT2D eigenvalue weighted by Crippen LogP contribution is 2.32. The van der Waals surface area contributed by atoms with Crippen molar-refractivity contribution in [3.05, 3.63) is 76.7 Å². The first kappa shape index (κ1) is 18.7. The third kappa shape index (κ3) is 4.63. The molecule has 7 heteroatoms. The van der Waals surface area contributed by atoms with Crippen LogP contribution in [0.4, 0.5) is 5.82 Å². The fraction of sp³-hybridized carbons (Fsp3) is 0.227. The molecule has 2 N–H and O–H groups in total. The molecule has 4 rings (SSSR count). The molecule has 0 bridgehead atoms. The lowest BCUT2D eigenvalue weighted by atomic mass is 10.1. The number of carbonyl (C=O) groups is 1. The van der Waals surface area contributed by atoms with Gasteiger partial charge >= 0.3 is 0 Å². The maximum Gasteiger partial charge on any atom is 0.270 e. The maximum atomic E-state index is 12.6. The summed E-state index contributed by atoms with van der Waals surface area (Å²) in [5, 5.41) is 6.15. The van der Waals surface area contributed by atoms with Crippen LogP contribution in [0.5, 0.6) is 11.5 Å². The number of aryl methyl sites for hydroxylation is 2. The summed E-state index contributed by atoms with van der Waals surface area (Å²) in [6, 6.07) is 15.5. The van der Waals surface area contributed by atoms with Crippen LogP contribution in [0.1, 0.15) is 33.0 Å². The number of nitrogens with one attached hydrogen (secondary N) is 2. The van der Waals surface area contributed by atoms with E-state index in [4.69, 9.17) is 9.47 Å². The Kier molecular flexibility index (Phi) is 5.29. The zero-order chi connectivity index (χ0) is 20.2. The number of carbonyl (C=O) groups excluding carboxylic acids is 1. The van der Waals surface area contributed by atoms with Crippen LogP contribution in [0.25, 0.3) is 0 Å². The number of fused-ring (bicyclic) bond motifs is 1. The SMILES string of the molecule is Cc1cccc(CNc2cc(C(=O)NCc3ccc4c(c3)OCO4)nc(C)n2)c1. The van der Waals surface area contributed by atoms with E-state index in [0.717, 1.165) is 16.9 Å². The second kappa shape index (κ2) is 8.18. The van der Waals surface area contributed by atoms with E-state index in [-0.39, 0.29) is 12.7 Å². The van der Waals surface area contributed by atoms with Gasteiger partial charge in [-0.2, -0.15) is 0 Å². The van der Waals surface area contributed by atoms with Crippen LogP contribution >= 0.6 is 0 Å². The molecule has 0 saturated heterocycles. The molecular weight excluding hydrogens is 368 g/mol. The van der Waals surface area contributed by atoms with Crippen LogP contribution < -0.4 is 20.1 Å². The number of hydrogen-bond donors (Lipinski definition) is 2. The lowest BCUT2D eigenvalue weighted by molar-refractivity contribution is 0.0945. The molecule has 29 heavy (non-hydrogen) atoms. The van der Waals surface area contributed by atoms with Gasteiger partial charge in [-0.3, -0.25) is 4.79 Å². The minimum absolute atomic E-state index is 0.226. The summed E-state index contributed by atoms with van der Waals surface area (Å²) in [5.41, 5.74) is 3.60. The molecule has 3 aromatic rings. The molecule has 7 nitrogen and oxygen atoms in total. The number of aromatic nitrogens is 2. The van der Waals surface area contributed by atoms with Crippen LogP contribution in [0.15, 0.2) is 48.5 Å². The van der Waals surface area contributed by atoms with Crippen molar-refractivity contribution in [2.75, 3.05) is 12.1 Å². The monoisotopic (exact) mass is 390 g/mol. The number of nitrogens with zero attached hydrogens (tertiary/aromatic N) is 2. The number of hydrogen-bond acceptors (Lipinski definition) is 6. The van der Waals surface area contributed by atoms with E-state index < -0.39 is 0 Å². The van der Waals surface area contributed by atoms with Crippen molar-refractivity contribution >= 4 is 11.7 Å². The minimum atomic E-state index is -0.258. The first-order chi connectivity index (χ1) is 14.1. The summed E-state index contributed by atoms with van der Waals surface area (Å²) >= 11 is 0. The van der Waals surface area contributed by atoms with Gasteiger partial charge in [0.25, 0.3) is 5.91 Å². The van der Waals surface area contributed by atoms with E-state index in [0.29, 0.717) is 36.2 Å². The molecule has 0 aliphatic carbocycles. The maximum absolute atomic E-state index is 12.6. The van der Waals surface area contributed by atoms with Crippen molar-refractivity contribution in [2.45, 2.75) is 26.9 Å². The summed E-state index contributed by atoms with van der Waals surface area (Å²) in [6.45, 7) is 5.04. The van der Waals surface area contributed by atoms with Gasteiger partial charge in [-0.15, -0.1) is 0 Å².